The van der Waals surface area contributed by atoms with E-state index in [0.29, 0.717) is 12.0 Å². The summed E-state index contributed by atoms with van der Waals surface area (Å²) >= 11 is 2.00. The van der Waals surface area contributed by atoms with E-state index < -0.39 is 0 Å². The lowest BCUT2D eigenvalue weighted by atomic mass is 9.95. The Kier molecular flexibility index (Phi) is 5.52. The van der Waals surface area contributed by atoms with Gasteiger partial charge >= 0.3 is 0 Å². The lowest BCUT2D eigenvalue weighted by molar-refractivity contribution is 0.472. The lowest BCUT2D eigenvalue weighted by Gasteiger charge is -2.28. The summed E-state index contributed by atoms with van der Waals surface area (Å²) in [7, 11) is 1.90. The zero-order chi connectivity index (χ0) is 14.5. The molecule has 1 aliphatic rings. The standard InChI is InChI=1S/C15H26N4S/c1-10(2)15-18-13(16-3)9-14(19-15)17-11-5-7-12(20-4)8-6-11/h9-12H,5-8H2,1-4H3,(H2,16,17,18,19). The van der Waals surface area contributed by atoms with Crippen LogP contribution < -0.4 is 10.6 Å². The van der Waals surface area contributed by atoms with Crippen molar-refractivity contribution in [2.24, 2.45) is 0 Å². The van der Waals surface area contributed by atoms with Crippen LogP contribution in [0.4, 0.5) is 11.6 Å². The van der Waals surface area contributed by atoms with E-state index in [1.165, 1.54) is 25.7 Å². The van der Waals surface area contributed by atoms with Gasteiger partial charge in [-0.1, -0.05) is 13.8 Å². The van der Waals surface area contributed by atoms with Crippen LogP contribution >= 0.6 is 11.8 Å². The van der Waals surface area contributed by atoms with Crippen LogP contribution in [-0.2, 0) is 0 Å². The molecule has 20 heavy (non-hydrogen) atoms. The molecule has 1 aliphatic carbocycles. The molecular formula is C15H26N4S. The minimum absolute atomic E-state index is 0.344. The van der Waals surface area contributed by atoms with E-state index >= 15 is 0 Å². The van der Waals surface area contributed by atoms with E-state index in [0.717, 1.165) is 22.7 Å². The Morgan fingerprint density at radius 1 is 1.15 bits per heavy atom. The highest BCUT2D eigenvalue weighted by atomic mass is 32.2. The van der Waals surface area contributed by atoms with E-state index in [2.05, 4.69) is 40.7 Å². The van der Waals surface area contributed by atoms with Crippen LogP contribution in [0, 0.1) is 0 Å². The van der Waals surface area contributed by atoms with Gasteiger partial charge in [0.15, 0.2) is 0 Å². The van der Waals surface area contributed by atoms with Crippen molar-refractivity contribution >= 4 is 23.4 Å². The predicted octanol–water partition coefficient (Wildman–Crippen LogP) is 3.73. The second-order valence-corrected chi connectivity index (χ2v) is 6.89. The molecule has 112 valence electrons. The SMILES string of the molecule is CNc1cc(NC2CCC(SC)CC2)nc(C(C)C)n1. The molecule has 0 bridgehead atoms. The third-order valence-electron chi connectivity index (χ3n) is 3.88. The summed E-state index contributed by atoms with van der Waals surface area (Å²) in [6.07, 6.45) is 7.31. The van der Waals surface area contributed by atoms with Crippen LogP contribution in [0.1, 0.15) is 51.3 Å². The molecular weight excluding hydrogens is 268 g/mol. The Labute approximate surface area is 126 Å². The Balaban J connectivity index is 2.03. The largest absolute Gasteiger partial charge is 0.373 e. The molecule has 0 saturated heterocycles. The summed E-state index contributed by atoms with van der Waals surface area (Å²) in [6.45, 7) is 4.25. The van der Waals surface area contributed by atoms with Gasteiger partial charge in [0.2, 0.25) is 0 Å². The van der Waals surface area contributed by atoms with Crippen LogP contribution in [0.25, 0.3) is 0 Å². The first-order chi connectivity index (χ1) is 9.62. The molecule has 1 heterocycles. The van der Waals surface area contributed by atoms with Crippen LogP contribution in [0.5, 0.6) is 0 Å². The van der Waals surface area contributed by atoms with Gasteiger partial charge in [-0.25, -0.2) is 9.97 Å². The number of nitrogens with one attached hydrogen (secondary N) is 2. The summed E-state index contributed by atoms with van der Waals surface area (Å²) in [5, 5.41) is 7.56. The lowest BCUT2D eigenvalue weighted by Crippen LogP contribution is -2.27. The second kappa shape index (κ2) is 7.16. The fourth-order valence-electron chi connectivity index (χ4n) is 2.58. The van der Waals surface area contributed by atoms with Crippen LogP contribution in [0.15, 0.2) is 6.07 Å². The smallest absolute Gasteiger partial charge is 0.135 e. The van der Waals surface area contributed by atoms with Gasteiger partial charge in [-0.2, -0.15) is 11.8 Å². The van der Waals surface area contributed by atoms with E-state index in [4.69, 9.17) is 0 Å². The molecule has 5 heteroatoms. The average Bonchev–Trinajstić information content (AvgIpc) is 2.47. The molecule has 2 N–H and O–H groups in total. The fraction of sp³-hybridized carbons (Fsp3) is 0.733. The first-order valence-corrected chi connectivity index (χ1v) is 8.77. The van der Waals surface area contributed by atoms with E-state index in [1.807, 2.05) is 24.9 Å². The van der Waals surface area contributed by atoms with Crippen molar-refractivity contribution in [3.05, 3.63) is 11.9 Å². The highest BCUT2D eigenvalue weighted by Crippen LogP contribution is 2.28. The number of hydrogen-bond donors (Lipinski definition) is 2. The van der Waals surface area contributed by atoms with Crippen molar-refractivity contribution in [3.63, 3.8) is 0 Å². The summed E-state index contributed by atoms with van der Waals surface area (Å²) in [5.74, 6) is 3.10. The first-order valence-electron chi connectivity index (χ1n) is 7.48. The van der Waals surface area contributed by atoms with Crippen molar-refractivity contribution in [2.45, 2.75) is 56.7 Å². The van der Waals surface area contributed by atoms with Gasteiger partial charge in [0.1, 0.15) is 17.5 Å². The monoisotopic (exact) mass is 294 g/mol. The van der Waals surface area contributed by atoms with Gasteiger partial charge in [0.25, 0.3) is 0 Å². The maximum Gasteiger partial charge on any atom is 0.135 e. The second-order valence-electron chi connectivity index (χ2n) is 5.75. The molecule has 0 radical (unpaired) electrons. The van der Waals surface area contributed by atoms with Crippen molar-refractivity contribution < 1.29 is 0 Å². The summed E-state index contributed by atoms with van der Waals surface area (Å²) in [5.41, 5.74) is 0. The molecule has 0 aromatic carbocycles. The highest BCUT2D eigenvalue weighted by Gasteiger charge is 2.21. The van der Waals surface area contributed by atoms with E-state index in [9.17, 15) is 0 Å². The normalized spacial score (nSPS) is 22.9. The van der Waals surface area contributed by atoms with E-state index in [-0.39, 0.29) is 0 Å². The van der Waals surface area contributed by atoms with Crippen LogP contribution in [0.2, 0.25) is 0 Å². The molecule has 1 fully saturated rings. The fourth-order valence-corrected chi connectivity index (χ4v) is 3.32. The number of nitrogens with zero attached hydrogens (tertiary/aromatic N) is 2. The summed E-state index contributed by atoms with van der Waals surface area (Å²) < 4.78 is 0. The van der Waals surface area contributed by atoms with Crippen LogP contribution in [-0.4, -0.2) is 34.6 Å². The third-order valence-corrected chi connectivity index (χ3v) is 5.01. The van der Waals surface area contributed by atoms with Gasteiger partial charge in [0.05, 0.1) is 0 Å². The maximum absolute atomic E-state index is 4.65. The van der Waals surface area contributed by atoms with Crippen molar-refractivity contribution in [1.82, 2.24) is 9.97 Å². The van der Waals surface area contributed by atoms with Crippen molar-refractivity contribution in [3.8, 4) is 0 Å². The minimum Gasteiger partial charge on any atom is -0.373 e. The quantitative estimate of drug-likeness (QED) is 0.866. The highest BCUT2D eigenvalue weighted by molar-refractivity contribution is 7.99. The summed E-state index contributed by atoms with van der Waals surface area (Å²) in [6, 6.07) is 2.56. The third kappa shape index (κ3) is 4.01. The van der Waals surface area contributed by atoms with E-state index in [1.54, 1.807) is 0 Å². The number of anilines is 2. The molecule has 1 aromatic heterocycles. The molecule has 0 spiro atoms. The number of rotatable bonds is 5. The predicted molar refractivity (Wildman–Crippen MR) is 88.8 cm³/mol. The molecule has 0 unspecified atom stereocenters. The molecule has 1 aromatic rings. The molecule has 1 saturated carbocycles. The van der Waals surface area contributed by atoms with Crippen LogP contribution in [0.3, 0.4) is 0 Å². The molecule has 0 amide bonds. The maximum atomic E-state index is 4.65. The minimum atomic E-state index is 0.344. The molecule has 2 rings (SSSR count). The van der Waals surface area contributed by atoms with Gasteiger partial charge < -0.3 is 10.6 Å². The van der Waals surface area contributed by atoms with Gasteiger partial charge in [-0.15, -0.1) is 0 Å². The Morgan fingerprint density at radius 3 is 2.35 bits per heavy atom. The molecule has 0 atom stereocenters. The first kappa shape index (κ1) is 15.4. The topological polar surface area (TPSA) is 49.8 Å². The zero-order valence-corrected chi connectivity index (χ0v) is 13.8. The summed E-state index contributed by atoms with van der Waals surface area (Å²) in [4.78, 5) is 9.15. The van der Waals surface area contributed by atoms with Gasteiger partial charge in [0, 0.05) is 30.3 Å². The molecule has 0 aliphatic heterocycles. The zero-order valence-electron chi connectivity index (χ0n) is 12.9. The Bertz CT molecular complexity index is 428. The number of aromatic nitrogens is 2. The van der Waals surface area contributed by atoms with Gasteiger partial charge in [-0.3, -0.25) is 0 Å². The Morgan fingerprint density at radius 2 is 1.80 bits per heavy atom. The van der Waals surface area contributed by atoms with Gasteiger partial charge in [-0.05, 0) is 31.9 Å². The average molecular weight is 294 g/mol. The molecule has 4 nitrogen and oxygen atoms in total. The van der Waals surface area contributed by atoms with Crippen molar-refractivity contribution in [1.29, 1.82) is 0 Å². The van der Waals surface area contributed by atoms with Crippen molar-refractivity contribution in [2.75, 3.05) is 23.9 Å². The number of thioether (sulfide) groups is 1. The Hall–Kier alpha value is -0.970. The number of hydrogen-bond acceptors (Lipinski definition) is 5.